The summed E-state index contributed by atoms with van der Waals surface area (Å²) in [4.78, 5) is 46.6. The Morgan fingerprint density at radius 3 is 2.62 bits per heavy atom. The second-order valence-corrected chi connectivity index (χ2v) is 16.1. The maximum atomic E-state index is 13.9. The van der Waals surface area contributed by atoms with Crippen molar-refractivity contribution in [1.82, 2.24) is 19.9 Å². The van der Waals surface area contributed by atoms with Gasteiger partial charge < -0.3 is 24.4 Å². The van der Waals surface area contributed by atoms with E-state index in [1.54, 1.807) is 18.1 Å². The molecule has 2 N–H and O–H groups in total. The number of nitrogens with zero attached hydrogens (tertiary/aromatic N) is 2. The van der Waals surface area contributed by atoms with Gasteiger partial charge in [-0.15, -0.1) is 0 Å². The summed E-state index contributed by atoms with van der Waals surface area (Å²) >= 11 is 0. The number of aromatic nitrogens is 1. The first-order valence-electron chi connectivity index (χ1n) is 18.0. The highest BCUT2D eigenvalue weighted by Gasteiger charge is 2.42. The lowest BCUT2D eigenvalue weighted by atomic mass is 10.00. The van der Waals surface area contributed by atoms with Crippen LogP contribution in [0.4, 0.5) is 0 Å². The Labute approximate surface area is 295 Å². The van der Waals surface area contributed by atoms with Gasteiger partial charge in [-0.25, -0.2) is 13.4 Å². The minimum absolute atomic E-state index is 0.0199. The number of hydrogen-bond acceptors (Lipinski definition) is 9. The Morgan fingerprint density at radius 2 is 1.90 bits per heavy atom. The Morgan fingerprint density at radius 1 is 1.12 bits per heavy atom. The summed E-state index contributed by atoms with van der Waals surface area (Å²) in [5.74, 6) is 0.340. The van der Waals surface area contributed by atoms with Crippen LogP contribution in [-0.4, -0.2) is 79.7 Å². The summed E-state index contributed by atoms with van der Waals surface area (Å²) < 4.78 is 44.8. The largest absolute Gasteiger partial charge is 0.496 e. The van der Waals surface area contributed by atoms with Gasteiger partial charge in [-0.05, 0) is 77.3 Å². The summed E-state index contributed by atoms with van der Waals surface area (Å²) in [5.41, 5.74) is 1.53. The van der Waals surface area contributed by atoms with E-state index in [0.717, 1.165) is 43.1 Å². The number of hydrogen-bond donors (Lipinski definition) is 2. The number of rotatable bonds is 10. The Bertz CT molecular complexity index is 1690. The number of benzene rings is 1. The zero-order valence-electron chi connectivity index (χ0n) is 29.9. The molecular weight excluding hydrogens is 660 g/mol. The van der Waals surface area contributed by atoms with Crippen LogP contribution in [0.5, 0.6) is 17.4 Å². The lowest BCUT2D eigenvalue weighted by Crippen LogP contribution is -2.48. The number of amides is 3. The third-order valence-corrected chi connectivity index (χ3v) is 11.5. The monoisotopic (exact) mass is 712 g/mol. The van der Waals surface area contributed by atoms with Crippen molar-refractivity contribution in [2.45, 2.75) is 115 Å². The molecule has 2 aromatic rings. The normalized spacial score (nSPS) is 23.9. The number of pyridine rings is 1. The molecule has 2 fully saturated rings. The number of methoxy groups -OCH3 is 1. The molecule has 4 atom stereocenters. The van der Waals surface area contributed by atoms with Crippen molar-refractivity contribution in [1.29, 1.82) is 0 Å². The van der Waals surface area contributed by atoms with Crippen LogP contribution >= 0.6 is 0 Å². The van der Waals surface area contributed by atoms with Gasteiger partial charge in [0.15, 0.2) is 0 Å². The van der Waals surface area contributed by atoms with E-state index in [2.05, 4.69) is 16.1 Å². The Hall–Kier alpha value is -3.87. The van der Waals surface area contributed by atoms with E-state index >= 15 is 0 Å². The third kappa shape index (κ3) is 9.46. The second-order valence-electron chi connectivity index (χ2n) is 14.2. The maximum Gasteiger partial charge on any atom is 0.242 e. The summed E-state index contributed by atoms with van der Waals surface area (Å²) in [6.45, 7) is 8.21. The SMILES string of the molecule is COc1ccc2c(OC3CC4C(=O)NCC(CCC(=O)NS(=O)(=O)C5CC5)C=CCCCCCC(C)C(=O)N4C3)cc(OC(C)C)nc2c1C. The Balaban J connectivity index is 1.34. The van der Waals surface area contributed by atoms with E-state index in [4.69, 9.17) is 19.2 Å². The zero-order valence-corrected chi connectivity index (χ0v) is 30.7. The zero-order chi connectivity index (χ0) is 36.0. The molecule has 0 radical (unpaired) electrons. The molecule has 5 rings (SSSR count). The van der Waals surface area contributed by atoms with Gasteiger partial charge in [-0.2, -0.15) is 0 Å². The highest BCUT2D eigenvalue weighted by atomic mass is 32.2. The van der Waals surface area contributed by atoms with Crippen LogP contribution in [0, 0.1) is 18.8 Å². The molecule has 0 bridgehead atoms. The number of ether oxygens (including phenoxy) is 3. The van der Waals surface area contributed by atoms with Crippen LogP contribution in [0.25, 0.3) is 10.9 Å². The van der Waals surface area contributed by atoms with Crippen molar-refractivity contribution >= 4 is 38.6 Å². The lowest BCUT2D eigenvalue weighted by Gasteiger charge is -2.27. The minimum Gasteiger partial charge on any atom is -0.496 e. The molecule has 3 aliphatic rings. The van der Waals surface area contributed by atoms with E-state index < -0.39 is 33.3 Å². The molecule has 2 aliphatic heterocycles. The van der Waals surface area contributed by atoms with E-state index in [1.807, 2.05) is 45.9 Å². The van der Waals surface area contributed by atoms with Gasteiger partial charge >= 0.3 is 0 Å². The maximum absolute atomic E-state index is 13.9. The number of nitrogens with one attached hydrogen (secondary N) is 2. The first kappa shape index (κ1) is 37.4. The first-order chi connectivity index (χ1) is 23.9. The fraction of sp³-hybridized carbons (Fsp3) is 0.622. The molecule has 4 unspecified atom stereocenters. The molecule has 13 heteroatoms. The van der Waals surface area contributed by atoms with Crippen molar-refractivity contribution in [3.05, 3.63) is 35.9 Å². The van der Waals surface area contributed by atoms with E-state index in [9.17, 15) is 22.8 Å². The molecule has 1 aromatic heterocycles. The Kier molecular flexibility index (Phi) is 12.3. The average molecular weight is 713 g/mol. The van der Waals surface area contributed by atoms with Crippen LogP contribution in [0.3, 0.4) is 0 Å². The number of sulfonamides is 1. The van der Waals surface area contributed by atoms with Crippen LogP contribution in [0.2, 0.25) is 0 Å². The van der Waals surface area contributed by atoms with Gasteiger partial charge in [-0.1, -0.05) is 31.9 Å². The minimum atomic E-state index is -3.62. The van der Waals surface area contributed by atoms with Crippen molar-refractivity contribution < 1.29 is 37.0 Å². The van der Waals surface area contributed by atoms with Gasteiger partial charge in [0.1, 0.15) is 23.6 Å². The molecule has 1 aromatic carbocycles. The molecule has 12 nitrogen and oxygen atoms in total. The first-order valence-corrected chi connectivity index (χ1v) is 19.5. The fourth-order valence-corrected chi connectivity index (χ4v) is 8.06. The second kappa shape index (κ2) is 16.4. The number of carbonyl (C=O) groups is 3. The van der Waals surface area contributed by atoms with Crippen molar-refractivity contribution in [3.63, 3.8) is 0 Å². The number of carbonyl (C=O) groups excluding carboxylic acids is 3. The molecule has 1 saturated carbocycles. The molecule has 0 spiro atoms. The van der Waals surface area contributed by atoms with Gasteiger partial charge in [0, 0.05) is 42.3 Å². The van der Waals surface area contributed by atoms with Gasteiger partial charge in [0.25, 0.3) is 0 Å². The molecule has 274 valence electrons. The third-order valence-electron chi connectivity index (χ3n) is 9.68. The summed E-state index contributed by atoms with van der Waals surface area (Å²) in [5, 5.41) is 3.34. The van der Waals surface area contributed by atoms with Crippen LogP contribution in [-0.2, 0) is 24.4 Å². The van der Waals surface area contributed by atoms with E-state index in [1.165, 1.54) is 0 Å². The topological polar surface area (TPSA) is 153 Å². The van der Waals surface area contributed by atoms with Gasteiger partial charge in [-0.3, -0.25) is 19.1 Å². The fourth-order valence-electron chi connectivity index (χ4n) is 6.72. The van der Waals surface area contributed by atoms with Crippen molar-refractivity contribution in [3.8, 4) is 17.4 Å². The summed E-state index contributed by atoms with van der Waals surface area (Å²) in [7, 11) is -2.01. The van der Waals surface area contributed by atoms with E-state index in [-0.39, 0.29) is 49.3 Å². The molecule has 3 heterocycles. The van der Waals surface area contributed by atoms with Crippen LogP contribution in [0.1, 0.15) is 90.5 Å². The molecular formula is C37H52N4O8S. The predicted octanol–water partition coefficient (Wildman–Crippen LogP) is 4.96. The van der Waals surface area contributed by atoms with Crippen molar-refractivity contribution in [2.75, 3.05) is 20.2 Å². The summed E-state index contributed by atoms with van der Waals surface area (Å²) in [6, 6.07) is 4.79. The number of fused-ring (bicyclic) bond motifs is 2. The molecule has 3 amide bonds. The molecule has 1 aliphatic carbocycles. The standard InChI is InChI=1S/C37H52N4O8S/c1-23(2)48-34-20-32(29-16-17-31(47-5)25(4)35(29)39-34)49-27-19-30-36(43)38-21-26(13-18-33(42)40-50(45,46)28-14-15-28)12-10-8-6-7-9-11-24(3)37(44)41(30)22-27/h10,12,16-17,20,23-24,26-28,30H,6-9,11,13-15,18-19,21-22H2,1-5H3,(H,38,43)(H,40,42). The van der Waals surface area contributed by atoms with Crippen LogP contribution in [0.15, 0.2) is 30.4 Å². The van der Waals surface area contributed by atoms with Crippen molar-refractivity contribution in [2.24, 2.45) is 11.8 Å². The highest BCUT2D eigenvalue weighted by Crippen LogP contribution is 2.37. The number of aryl methyl sites for hydroxylation is 1. The smallest absolute Gasteiger partial charge is 0.242 e. The van der Waals surface area contributed by atoms with Gasteiger partial charge in [0.05, 0.1) is 30.5 Å². The van der Waals surface area contributed by atoms with E-state index in [0.29, 0.717) is 48.6 Å². The van der Waals surface area contributed by atoms with Gasteiger partial charge in [0.2, 0.25) is 33.6 Å². The lowest BCUT2D eigenvalue weighted by molar-refractivity contribution is -0.141. The van der Waals surface area contributed by atoms with Crippen LogP contribution < -0.4 is 24.2 Å². The predicted molar refractivity (Wildman–Crippen MR) is 191 cm³/mol. The number of allylic oxidation sites excluding steroid dienone is 1. The quantitative estimate of drug-likeness (QED) is 0.326. The summed E-state index contributed by atoms with van der Waals surface area (Å²) in [6.07, 6.45) is 9.76. The average Bonchev–Trinajstić information content (AvgIpc) is 3.85. The molecule has 1 saturated heterocycles. The molecule has 50 heavy (non-hydrogen) atoms. The highest BCUT2D eigenvalue weighted by molar-refractivity contribution is 7.90.